The van der Waals surface area contributed by atoms with E-state index in [9.17, 15) is 9.59 Å². The number of furan rings is 1. The van der Waals surface area contributed by atoms with E-state index >= 15 is 0 Å². The quantitative estimate of drug-likeness (QED) is 0.259. The molecule has 0 fully saturated rings. The number of carbonyl (C=O) groups excluding carboxylic acids is 2. The average molecular weight is 512 g/mol. The van der Waals surface area contributed by atoms with Gasteiger partial charge in [-0.1, -0.05) is 46.9 Å². The lowest BCUT2D eigenvalue weighted by Gasteiger charge is -2.07. The van der Waals surface area contributed by atoms with Crippen LogP contribution in [-0.4, -0.2) is 11.8 Å². The van der Waals surface area contributed by atoms with E-state index in [1.54, 1.807) is 84.9 Å². The molecule has 0 saturated carbocycles. The van der Waals surface area contributed by atoms with Crippen LogP contribution in [0.15, 0.2) is 89.4 Å². The van der Waals surface area contributed by atoms with Crippen LogP contribution in [0, 0.1) is 0 Å². The molecule has 3 aromatic carbocycles. The monoisotopic (exact) mass is 510 g/mol. The number of halogens is 3. The highest BCUT2D eigenvalue weighted by Gasteiger charge is 2.10. The molecule has 34 heavy (non-hydrogen) atoms. The molecule has 0 spiro atoms. The largest absolute Gasteiger partial charge is 0.457 e. The molecule has 0 atom stereocenters. The van der Waals surface area contributed by atoms with E-state index in [1.807, 2.05) is 0 Å². The van der Waals surface area contributed by atoms with Crippen LogP contribution in [0.1, 0.15) is 16.1 Å². The molecule has 2 N–H and O–H groups in total. The molecule has 0 saturated heterocycles. The first-order valence-corrected chi connectivity index (χ1v) is 11.2. The van der Waals surface area contributed by atoms with Gasteiger partial charge in [0, 0.05) is 33.6 Å². The molecular formula is C26H17Cl3N2O3. The normalized spacial score (nSPS) is 10.9. The summed E-state index contributed by atoms with van der Waals surface area (Å²) < 4.78 is 5.74. The number of anilines is 2. The molecule has 2 amide bonds. The molecule has 1 aromatic heterocycles. The highest BCUT2D eigenvalue weighted by Crippen LogP contribution is 2.34. The first kappa shape index (κ1) is 23.6. The van der Waals surface area contributed by atoms with Crippen molar-refractivity contribution >= 4 is 64.1 Å². The third-order valence-electron chi connectivity index (χ3n) is 4.74. The van der Waals surface area contributed by atoms with Crippen molar-refractivity contribution in [1.29, 1.82) is 0 Å². The van der Waals surface area contributed by atoms with Crippen LogP contribution in [0.3, 0.4) is 0 Å². The number of benzene rings is 3. The summed E-state index contributed by atoms with van der Waals surface area (Å²) in [7, 11) is 0. The van der Waals surface area contributed by atoms with Crippen molar-refractivity contribution in [2.75, 3.05) is 10.6 Å². The molecule has 8 heteroatoms. The number of hydrogen-bond acceptors (Lipinski definition) is 3. The van der Waals surface area contributed by atoms with Gasteiger partial charge in [-0.15, -0.1) is 0 Å². The van der Waals surface area contributed by atoms with Crippen molar-refractivity contribution in [3.8, 4) is 11.3 Å². The number of rotatable bonds is 6. The van der Waals surface area contributed by atoms with Gasteiger partial charge in [0.1, 0.15) is 11.5 Å². The Hall–Kier alpha value is -3.51. The lowest BCUT2D eigenvalue weighted by Crippen LogP contribution is -2.12. The van der Waals surface area contributed by atoms with E-state index in [2.05, 4.69) is 10.6 Å². The van der Waals surface area contributed by atoms with Crippen LogP contribution in [0.25, 0.3) is 17.4 Å². The van der Waals surface area contributed by atoms with E-state index in [0.717, 1.165) is 0 Å². The predicted molar refractivity (Wildman–Crippen MR) is 138 cm³/mol. The summed E-state index contributed by atoms with van der Waals surface area (Å²) >= 11 is 18.2. The van der Waals surface area contributed by atoms with Crippen LogP contribution in [0.2, 0.25) is 15.1 Å². The first-order chi connectivity index (χ1) is 16.4. The first-order valence-electron chi connectivity index (χ1n) is 10.1. The second kappa shape index (κ2) is 10.6. The zero-order valence-corrected chi connectivity index (χ0v) is 19.8. The highest BCUT2D eigenvalue weighted by atomic mass is 35.5. The lowest BCUT2D eigenvalue weighted by atomic mass is 10.2. The number of carbonyl (C=O) groups is 2. The van der Waals surface area contributed by atoms with Gasteiger partial charge in [0.25, 0.3) is 5.91 Å². The van der Waals surface area contributed by atoms with Gasteiger partial charge < -0.3 is 15.1 Å². The van der Waals surface area contributed by atoms with Gasteiger partial charge in [-0.3, -0.25) is 9.59 Å². The molecule has 0 aliphatic heterocycles. The summed E-state index contributed by atoms with van der Waals surface area (Å²) in [6.07, 6.45) is 2.91. The molecule has 5 nitrogen and oxygen atoms in total. The van der Waals surface area contributed by atoms with Gasteiger partial charge >= 0.3 is 0 Å². The Balaban J connectivity index is 1.35. The van der Waals surface area contributed by atoms with Gasteiger partial charge in [-0.2, -0.15) is 0 Å². The van der Waals surface area contributed by atoms with Crippen molar-refractivity contribution < 1.29 is 14.0 Å². The molecule has 4 rings (SSSR count). The molecule has 0 bridgehead atoms. The van der Waals surface area contributed by atoms with E-state index in [-0.39, 0.29) is 11.8 Å². The van der Waals surface area contributed by atoms with Gasteiger partial charge in [-0.25, -0.2) is 0 Å². The Morgan fingerprint density at radius 1 is 0.794 bits per heavy atom. The Labute approximate surface area is 210 Å². The summed E-state index contributed by atoms with van der Waals surface area (Å²) in [5.74, 6) is 0.414. The van der Waals surface area contributed by atoms with E-state index in [4.69, 9.17) is 39.2 Å². The molecule has 0 aliphatic carbocycles. The fourth-order valence-corrected chi connectivity index (χ4v) is 3.68. The van der Waals surface area contributed by atoms with Crippen LogP contribution >= 0.6 is 34.8 Å². The van der Waals surface area contributed by atoms with Crippen LogP contribution < -0.4 is 10.6 Å². The van der Waals surface area contributed by atoms with Crippen molar-refractivity contribution in [3.05, 3.63) is 111 Å². The van der Waals surface area contributed by atoms with Gasteiger partial charge in [-0.05, 0) is 72.8 Å². The lowest BCUT2D eigenvalue weighted by molar-refractivity contribution is -0.111. The number of hydrogen-bond donors (Lipinski definition) is 2. The van der Waals surface area contributed by atoms with Gasteiger partial charge in [0.05, 0.1) is 10.0 Å². The summed E-state index contributed by atoms with van der Waals surface area (Å²) in [5, 5.41) is 6.85. The minimum Gasteiger partial charge on any atom is -0.457 e. The maximum atomic E-state index is 12.3. The van der Waals surface area contributed by atoms with E-state index < -0.39 is 0 Å². The maximum Gasteiger partial charge on any atom is 0.255 e. The third kappa shape index (κ3) is 5.88. The fourth-order valence-electron chi connectivity index (χ4n) is 3.09. The molecule has 170 valence electrons. The predicted octanol–water partition coefficient (Wildman–Crippen LogP) is 7.81. The Morgan fingerprint density at radius 2 is 1.50 bits per heavy atom. The standard InChI is InChI=1S/C26H17Cl3N2O3/c27-17-4-1-3-16(15-17)26(33)31-19-9-7-18(8-10-19)30-24(32)14-12-20-11-13-23(34-20)21-5-2-6-22(28)25(21)29/h1-15H,(H,30,32)(H,31,33). The Bertz CT molecular complexity index is 1380. The van der Waals surface area contributed by atoms with Crippen molar-refractivity contribution in [2.45, 2.75) is 0 Å². The number of amides is 2. The van der Waals surface area contributed by atoms with Gasteiger partial charge in [0.2, 0.25) is 5.91 Å². The van der Waals surface area contributed by atoms with E-state index in [0.29, 0.717) is 49.1 Å². The fraction of sp³-hybridized carbons (Fsp3) is 0. The van der Waals surface area contributed by atoms with Crippen molar-refractivity contribution in [3.63, 3.8) is 0 Å². The zero-order valence-electron chi connectivity index (χ0n) is 17.5. The molecule has 0 radical (unpaired) electrons. The van der Waals surface area contributed by atoms with Crippen LogP contribution in [-0.2, 0) is 4.79 Å². The second-order valence-electron chi connectivity index (χ2n) is 7.17. The molecule has 0 aliphatic rings. The molecule has 4 aromatic rings. The summed E-state index contributed by atoms with van der Waals surface area (Å²) in [6, 6.07) is 22.2. The highest BCUT2D eigenvalue weighted by molar-refractivity contribution is 6.43. The summed E-state index contributed by atoms with van der Waals surface area (Å²) in [6.45, 7) is 0. The van der Waals surface area contributed by atoms with Crippen molar-refractivity contribution in [1.82, 2.24) is 0 Å². The maximum absolute atomic E-state index is 12.3. The number of nitrogens with one attached hydrogen (secondary N) is 2. The van der Waals surface area contributed by atoms with Crippen molar-refractivity contribution in [2.24, 2.45) is 0 Å². The minimum absolute atomic E-state index is 0.279. The molecular weight excluding hydrogens is 495 g/mol. The molecule has 1 heterocycles. The molecule has 0 unspecified atom stereocenters. The Morgan fingerprint density at radius 3 is 2.24 bits per heavy atom. The smallest absolute Gasteiger partial charge is 0.255 e. The summed E-state index contributed by atoms with van der Waals surface area (Å²) in [5.41, 5.74) is 2.28. The minimum atomic E-state index is -0.338. The van der Waals surface area contributed by atoms with Gasteiger partial charge in [0.15, 0.2) is 0 Å². The van der Waals surface area contributed by atoms with Crippen LogP contribution in [0.4, 0.5) is 11.4 Å². The summed E-state index contributed by atoms with van der Waals surface area (Å²) in [4.78, 5) is 24.6. The zero-order chi connectivity index (χ0) is 24.1. The topological polar surface area (TPSA) is 71.3 Å². The average Bonchev–Trinajstić information content (AvgIpc) is 3.29. The van der Waals surface area contributed by atoms with Crippen LogP contribution in [0.5, 0.6) is 0 Å². The Kier molecular flexibility index (Phi) is 7.38. The second-order valence-corrected chi connectivity index (χ2v) is 8.39. The van der Waals surface area contributed by atoms with E-state index in [1.165, 1.54) is 6.08 Å². The SMILES string of the molecule is O=C(C=Cc1ccc(-c2cccc(Cl)c2Cl)o1)Nc1ccc(NC(=O)c2cccc(Cl)c2)cc1. The third-order valence-corrected chi connectivity index (χ3v) is 5.79.